The van der Waals surface area contributed by atoms with Crippen molar-refractivity contribution >= 4 is 21.7 Å². The van der Waals surface area contributed by atoms with Gasteiger partial charge in [-0.2, -0.15) is 0 Å². The molecule has 9 nitrogen and oxygen atoms in total. The Morgan fingerprint density at radius 2 is 1.72 bits per heavy atom. The molecule has 1 aromatic carbocycles. The molecule has 32 heavy (non-hydrogen) atoms. The lowest BCUT2D eigenvalue weighted by Crippen LogP contribution is -2.49. The van der Waals surface area contributed by atoms with E-state index in [4.69, 9.17) is 5.21 Å². The highest BCUT2D eigenvalue weighted by Crippen LogP contribution is 2.27. The Balaban J connectivity index is 2.41. The average Bonchev–Trinajstić information content (AvgIpc) is 2.77. The van der Waals surface area contributed by atoms with Gasteiger partial charge in [0.2, 0.25) is 0 Å². The number of benzene rings is 1. The summed E-state index contributed by atoms with van der Waals surface area (Å²) in [6.07, 6.45) is 2.15. The van der Waals surface area contributed by atoms with E-state index >= 15 is 0 Å². The van der Waals surface area contributed by atoms with Crippen LogP contribution in [0.15, 0.2) is 41.3 Å². The van der Waals surface area contributed by atoms with E-state index in [0.717, 1.165) is 6.26 Å². The molecule has 0 aliphatic carbocycles. The van der Waals surface area contributed by atoms with Crippen molar-refractivity contribution in [3.05, 3.63) is 58.0 Å². The molecule has 1 aromatic heterocycles. The highest BCUT2D eigenvalue weighted by molar-refractivity contribution is 7.92. The minimum Gasteiger partial charge on any atom is -0.339 e. The second kappa shape index (κ2) is 10.1. The second-order valence-corrected chi connectivity index (χ2v) is 10.1. The van der Waals surface area contributed by atoms with E-state index in [1.165, 1.54) is 18.6 Å². The van der Waals surface area contributed by atoms with E-state index in [2.05, 4.69) is 4.98 Å². The molecule has 0 saturated heterocycles. The maximum Gasteiger partial charge on any atom is 0.264 e. The SMILES string of the molecule is CCN(CC)C(=O)c1ccc(-c2cc[nH]c(=O)c2CCC(C)(C(=O)NO)S(C)(=O)=O)cc1. The van der Waals surface area contributed by atoms with Crippen molar-refractivity contribution in [3.8, 4) is 11.1 Å². The summed E-state index contributed by atoms with van der Waals surface area (Å²) in [7, 11) is -3.89. The lowest BCUT2D eigenvalue weighted by Gasteiger charge is -2.25. The fraction of sp³-hybridized carbons (Fsp3) is 0.409. The summed E-state index contributed by atoms with van der Waals surface area (Å²) >= 11 is 0. The van der Waals surface area contributed by atoms with Gasteiger partial charge in [-0.25, -0.2) is 13.9 Å². The first-order valence-corrected chi connectivity index (χ1v) is 12.1. The van der Waals surface area contributed by atoms with Crippen LogP contribution < -0.4 is 11.0 Å². The van der Waals surface area contributed by atoms with Gasteiger partial charge in [-0.05, 0) is 62.9 Å². The Labute approximate surface area is 187 Å². The number of nitrogens with zero attached hydrogens (tertiary/aromatic N) is 1. The van der Waals surface area contributed by atoms with E-state index in [-0.39, 0.29) is 18.7 Å². The highest BCUT2D eigenvalue weighted by Gasteiger charge is 2.43. The summed E-state index contributed by atoms with van der Waals surface area (Å²) in [6, 6.07) is 8.50. The topological polar surface area (TPSA) is 137 Å². The molecule has 2 aromatic rings. The van der Waals surface area contributed by atoms with Crippen molar-refractivity contribution in [1.82, 2.24) is 15.4 Å². The number of amides is 2. The summed E-state index contributed by atoms with van der Waals surface area (Å²) in [6.45, 7) is 6.20. The number of H-pyrrole nitrogens is 1. The van der Waals surface area contributed by atoms with Crippen molar-refractivity contribution in [2.45, 2.75) is 38.4 Å². The Morgan fingerprint density at radius 1 is 1.12 bits per heavy atom. The Bertz CT molecular complexity index is 1140. The Kier molecular flexibility index (Phi) is 7.97. The summed E-state index contributed by atoms with van der Waals surface area (Å²) in [4.78, 5) is 41.4. The van der Waals surface area contributed by atoms with Crippen LogP contribution in [0.4, 0.5) is 0 Å². The normalized spacial score (nSPS) is 13.3. The lowest BCUT2D eigenvalue weighted by molar-refractivity contribution is -0.131. The molecule has 0 saturated carbocycles. The van der Waals surface area contributed by atoms with Gasteiger partial charge in [0.15, 0.2) is 9.84 Å². The number of nitrogens with one attached hydrogen (secondary N) is 2. The van der Waals surface area contributed by atoms with Crippen molar-refractivity contribution < 1.29 is 23.2 Å². The fourth-order valence-electron chi connectivity index (χ4n) is 3.46. The standard InChI is InChI=1S/C22H29N3O6S/c1-5-25(6-2)20(27)16-9-7-15(8-10-16)17-12-14-23-19(26)18(17)11-13-22(3,21(28)24-29)32(4,30)31/h7-10,12,14,29H,5-6,11,13H2,1-4H3,(H,23,26)(H,24,28). The second-order valence-electron chi connectivity index (χ2n) is 7.70. The van der Waals surface area contributed by atoms with Gasteiger partial charge in [-0.15, -0.1) is 0 Å². The first-order chi connectivity index (χ1) is 15.0. The predicted molar refractivity (Wildman–Crippen MR) is 121 cm³/mol. The zero-order chi connectivity index (χ0) is 24.1. The van der Waals surface area contributed by atoms with E-state index < -0.39 is 26.1 Å². The molecule has 2 amide bonds. The van der Waals surface area contributed by atoms with Gasteiger partial charge in [0.1, 0.15) is 4.75 Å². The summed E-state index contributed by atoms with van der Waals surface area (Å²) in [5.74, 6) is -1.15. The van der Waals surface area contributed by atoms with Crippen LogP contribution in [0.25, 0.3) is 11.1 Å². The van der Waals surface area contributed by atoms with Gasteiger partial charge in [0.25, 0.3) is 17.4 Å². The summed E-state index contributed by atoms with van der Waals surface area (Å²) in [5.41, 5.74) is 3.06. The van der Waals surface area contributed by atoms with E-state index in [0.29, 0.717) is 35.3 Å². The first-order valence-electron chi connectivity index (χ1n) is 10.2. The van der Waals surface area contributed by atoms with Crippen LogP contribution in [0, 0.1) is 0 Å². The maximum absolute atomic E-state index is 12.5. The number of carbonyl (C=O) groups excluding carboxylic acids is 2. The number of sulfone groups is 1. The van der Waals surface area contributed by atoms with Crippen molar-refractivity contribution in [3.63, 3.8) is 0 Å². The number of hydroxylamine groups is 1. The molecule has 0 radical (unpaired) electrons. The highest BCUT2D eigenvalue weighted by atomic mass is 32.2. The minimum atomic E-state index is -3.89. The zero-order valence-electron chi connectivity index (χ0n) is 18.6. The minimum absolute atomic E-state index is 0.0252. The monoisotopic (exact) mass is 463 g/mol. The number of hydrogen-bond donors (Lipinski definition) is 3. The van der Waals surface area contributed by atoms with E-state index in [1.54, 1.807) is 35.2 Å². The van der Waals surface area contributed by atoms with E-state index in [1.807, 2.05) is 13.8 Å². The maximum atomic E-state index is 12.5. The number of carbonyl (C=O) groups is 2. The largest absolute Gasteiger partial charge is 0.339 e. The fourth-order valence-corrected chi connectivity index (χ4v) is 4.32. The van der Waals surface area contributed by atoms with Crippen molar-refractivity contribution in [2.75, 3.05) is 19.3 Å². The van der Waals surface area contributed by atoms with Crippen LogP contribution in [0.3, 0.4) is 0 Å². The average molecular weight is 464 g/mol. The number of rotatable bonds is 9. The lowest BCUT2D eigenvalue weighted by atomic mass is 9.94. The van der Waals surface area contributed by atoms with Crippen LogP contribution in [0.5, 0.6) is 0 Å². The third-order valence-corrected chi connectivity index (χ3v) is 7.84. The molecule has 3 N–H and O–H groups in total. The molecule has 174 valence electrons. The predicted octanol–water partition coefficient (Wildman–Crippen LogP) is 1.77. The van der Waals surface area contributed by atoms with Crippen molar-refractivity contribution in [1.29, 1.82) is 0 Å². The molecule has 1 heterocycles. The zero-order valence-corrected chi connectivity index (χ0v) is 19.5. The van der Waals surface area contributed by atoms with Crippen LogP contribution >= 0.6 is 0 Å². The van der Waals surface area contributed by atoms with Crippen LogP contribution in [0.1, 0.15) is 43.1 Å². The molecule has 2 rings (SSSR count). The van der Waals surface area contributed by atoms with Gasteiger partial charge < -0.3 is 9.88 Å². The van der Waals surface area contributed by atoms with Gasteiger partial charge in [-0.3, -0.25) is 19.6 Å². The molecular formula is C22H29N3O6S. The summed E-state index contributed by atoms with van der Waals surface area (Å²) in [5, 5.41) is 9.00. The quantitative estimate of drug-likeness (QED) is 0.383. The molecule has 10 heteroatoms. The van der Waals surface area contributed by atoms with Crippen molar-refractivity contribution in [2.24, 2.45) is 0 Å². The Morgan fingerprint density at radius 3 is 2.22 bits per heavy atom. The van der Waals surface area contributed by atoms with E-state index in [9.17, 15) is 22.8 Å². The molecule has 0 bridgehead atoms. The Hall–Kier alpha value is -2.98. The van der Waals surface area contributed by atoms with Crippen LogP contribution in [-0.4, -0.2) is 59.4 Å². The molecular weight excluding hydrogens is 434 g/mol. The molecule has 1 unspecified atom stereocenters. The molecule has 0 spiro atoms. The smallest absolute Gasteiger partial charge is 0.264 e. The molecule has 0 aliphatic rings. The number of pyridine rings is 1. The summed E-state index contributed by atoms with van der Waals surface area (Å²) < 4.78 is 22.5. The van der Waals surface area contributed by atoms with Gasteiger partial charge in [0, 0.05) is 36.7 Å². The molecule has 0 fully saturated rings. The number of aromatic amines is 1. The first kappa shape index (κ1) is 25.3. The van der Waals surface area contributed by atoms with Crippen LogP contribution in [-0.2, 0) is 21.1 Å². The molecule has 1 atom stereocenters. The van der Waals surface area contributed by atoms with Crippen LogP contribution in [0.2, 0.25) is 0 Å². The van der Waals surface area contributed by atoms with Gasteiger partial charge >= 0.3 is 0 Å². The number of aromatic nitrogens is 1. The third kappa shape index (κ3) is 5.08. The number of hydrogen-bond acceptors (Lipinski definition) is 6. The van der Waals surface area contributed by atoms with Gasteiger partial charge in [-0.1, -0.05) is 12.1 Å². The molecule has 0 aliphatic heterocycles. The third-order valence-electron chi connectivity index (χ3n) is 5.81. The van der Waals surface area contributed by atoms with Gasteiger partial charge in [0.05, 0.1) is 0 Å².